The molecule has 1 heterocycles. The number of ether oxygens (including phenoxy) is 2. The molecule has 5 heteroatoms. The summed E-state index contributed by atoms with van der Waals surface area (Å²) in [4.78, 5) is 3.91. The molecule has 0 radical (unpaired) electrons. The SMILES string of the molecule is COc1cc(N)ccc1Oc1cccnc1C#N. The molecule has 18 heavy (non-hydrogen) atoms. The fourth-order valence-corrected chi connectivity index (χ4v) is 1.44. The van der Waals surface area contributed by atoms with Crippen LogP contribution < -0.4 is 15.2 Å². The van der Waals surface area contributed by atoms with Crippen molar-refractivity contribution >= 4 is 5.69 Å². The molecule has 0 aliphatic carbocycles. The van der Waals surface area contributed by atoms with Gasteiger partial charge in [0, 0.05) is 18.0 Å². The van der Waals surface area contributed by atoms with Gasteiger partial charge in [0.15, 0.2) is 22.9 Å². The predicted molar refractivity (Wildman–Crippen MR) is 66.4 cm³/mol. The Hall–Kier alpha value is -2.74. The van der Waals surface area contributed by atoms with Gasteiger partial charge in [0.05, 0.1) is 7.11 Å². The average Bonchev–Trinajstić information content (AvgIpc) is 2.41. The molecule has 0 unspecified atom stereocenters. The van der Waals surface area contributed by atoms with Crippen LogP contribution in [0.1, 0.15) is 5.69 Å². The zero-order valence-electron chi connectivity index (χ0n) is 9.75. The summed E-state index contributed by atoms with van der Waals surface area (Å²) in [6.45, 7) is 0. The number of nitrogen functional groups attached to an aromatic ring is 1. The van der Waals surface area contributed by atoms with Gasteiger partial charge in [-0.25, -0.2) is 4.98 Å². The number of nitriles is 1. The molecule has 0 aliphatic heterocycles. The van der Waals surface area contributed by atoms with Gasteiger partial charge in [-0.1, -0.05) is 0 Å². The van der Waals surface area contributed by atoms with Gasteiger partial charge in [0.25, 0.3) is 0 Å². The van der Waals surface area contributed by atoms with Gasteiger partial charge in [-0.05, 0) is 24.3 Å². The Morgan fingerprint density at radius 1 is 1.22 bits per heavy atom. The van der Waals surface area contributed by atoms with Crippen molar-refractivity contribution in [2.75, 3.05) is 12.8 Å². The van der Waals surface area contributed by atoms with Gasteiger partial charge in [0.1, 0.15) is 6.07 Å². The Morgan fingerprint density at radius 2 is 2.06 bits per heavy atom. The highest BCUT2D eigenvalue weighted by Gasteiger charge is 2.09. The number of nitrogens with zero attached hydrogens (tertiary/aromatic N) is 2. The molecule has 2 aromatic rings. The highest BCUT2D eigenvalue weighted by Crippen LogP contribution is 2.33. The molecular weight excluding hydrogens is 230 g/mol. The van der Waals surface area contributed by atoms with Crippen LogP contribution in [-0.4, -0.2) is 12.1 Å². The van der Waals surface area contributed by atoms with Crippen LogP contribution in [0.3, 0.4) is 0 Å². The molecule has 0 saturated heterocycles. The minimum atomic E-state index is 0.219. The number of pyridine rings is 1. The highest BCUT2D eigenvalue weighted by atomic mass is 16.5. The summed E-state index contributed by atoms with van der Waals surface area (Å²) in [6.07, 6.45) is 1.53. The molecule has 0 bridgehead atoms. The third-order valence-corrected chi connectivity index (χ3v) is 2.28. The van der Waals surface area contributed by atoms with Crippen LogP contribution in [0.5, 0.6) is 17.2 Å². The van der Waals surface area contributed by atoms with Crippen molar-refractivity contribution < 1.29 is 9.47 Å². The normalized spacial score (nSPS) is 9.56. The third kappa shape index (κ3) is 2.33. The zero-order valence-corrected chi connectivity index (χ0v) is 9.75. The van der Waals surface area contributed by atoms with E-state index in [-0.39, 0.29) is 5.69 Å². The van der Waals surface area contributed by atoms with Gasteiger partial charge in [0.2, 0.25) is 0 Å². The van der Waals surface area contributed by atoms with E-state index in [0.29, 0.717) is 22.9 Å². The standard InChI is InChI=1S/C13H11N3O2/c1-17-13-7-9(15)4-5-12(13)18-11-3-2-6-16-10(11)8-14/h2-7H,15H2,1H3. The molecule has 0 amide bonds. The molecule has 5 nitrogen and oxygen atoms in total. The van der Waals surface area contributed by atoms with E-state index in [1.54, 1.807) is 30.3 Å². The molecule has 2 rings (SSSR count). The van der Waals surface area contributed by atoms with Crippen molar-refractivity contribution in [2.45, 2.75) is 0 Å². The van der Waals surface area contributed by atoms with Crippen LogP contribution in [0.2, 0.25) is 0 Å². The fourth-order valence-electron chi connectivity index (χ4n) is 1.44. The lowest BCUT2D eigenvalue weighted by molar-refractivity contribution is 0.378. The van der Waals surface area contributed by atoms with Crippen molar-refractivity contribution in [1.82, 2.24) is 4.98 Å². The summed E-state index contributed by atoms with van der Waals surface area (Å²) in [6, 6.07) is 10.4. The fraction of sp³-hybridized carbons (Fsp3) is 0.0769. The third-order valence-electron chi connectivity index (χ3n) is 2.28. The summed E-state index contributed by atoms with van der Waals surface area (Å²) < 4.78 is 10.8. The van der Waals surface area contributed by atoms with Gasteiger partial charge in [-0.3, -0.25) is 0 Å². The number of hydrogen-bond donors (Lipinski definition) is 1. The summed E-state index contributed by atoms with van der Waals surface area (Å²) in [7, 11) is 1.52. The van der Waals surface area contributed by atoms with E-state index in [1.807, 2.05) is 6.07 Å². The summed E-state index contributed by atoms with van der Waals surface area (Å²) in [5.74, 6) is 1.36. The number of hydrogen-bond acceptors (Lipinski definition) is 5. The van der Waals surface area contributed by atoms with Crippen molar-refractivity contribution in [2.24, 2.45) is 0 Å². The molecular formula is C13H11N3O2. The molecule has 1 aromatic carbocycles. The Kier molecular flexibility index (Phi) is 3.30. The van der Waals surface area contributed by atoms with E-state index in [1.165, 1.54) is 13.3 Å². The minimum Gasteiger partial charge on any atom is -0.493 e. The summed E-state index contributed by atoms with van der Waals surface area (Å²) >= 11 is 0. The smallest absolute Gasteiger partial charge is 0.183 e. The Labute approximate surface area is 104 Å². The number of aromatic nitrogens is 1. The second kappa shape index (κ2) is 5.06. The number of anilines is 1. The maximum Gasteiger partial charge on any atom is 0.183 e. The van der Waals surface area contributed by atoms with E-state index in [9.17, 15) is 0 Å². The Morgan fingerprint density at radius 3 is 2.78 bits per heavy atom. The van der Waals surface area contributed by atoms with Crippen molar-refractivity contribution in [3.05, 3.63) is 42.2 Å². The van der Waals surface area contributed by atoms with Crippen LogP contribution >= 0.6 is 0 Å². The maximum absolute atomic E-state index is 8.92. The summed E-state index contributed by atoms with van der Waals surface area (Å²) in [5, 5.41) is 8.92. The second-order valence-corrected chi connectivity index (χ2v) is 3.47. The van der Waals surface area contributed by atoms with Gasteiger partial charge >= 0.3 is 0 Å². The van der Waals surface area contributed by atoms with E-state index in [2.05, 4.69) is 4.98 Å². The molecule has 0 aliphatic rings. The lowest BCUT2D eigenvalue weighted by Crippen LogP contribution is -1.95. The molecule has 90 valence electrons. The van der Waals surface area contributed by atoms with E-state index < -0.39 is 0 Å². The van der Waals surface area contributed by atoms with Crippen molar-refractivity contribution in [3.63, 3.8) is 0 Å². The Balaban J connectivity index is 2.37. The van der Waals surface area contributed by atoms with Gasteiger partial charge < -0.3 is 15.2 Å². The average molecular weight is 241 g/mol. The molecule has 0 fully saturated rings. The molecule has 0 atom stereocenters. The van der Waals surface area contributed by atoms with Gasteiger partial charge in [-0.15, -0.1) is 0 Å². The van der Waals surface area contributed by atoms with Crippen molar-refractivity contribution in [1.29, 1.82) is 5.26 Å². The van der Waals surface area contributed by atoms with Crippen LogP contribution in [0, 0.1) is 11.3 Å². The lowest BCUT2D eigenvalue weighted by Gasteiger charge is -2.11. The van der Waals surface area contributed by atoms with Crippen LogP contribution in [0.25, 0.3) is 0 Å². The first-order valence-corrected chi connectivity index (χ1v) is 5.21. The summed E-state index contributed by atoms with van der Waals surface area (Å²) in [5.41, 5.74) is 6.45. The van der Waals surface area contributed by atoms with E-state index >= 15 is 0 Å². The minimum absolute atomic E-state index is 0.219. The second-order valence-electron chi connectivity index (χ2n) is 3.47. The van der Waals surface area contributed by atoms with Gasteiger partial charge in [-0.2, -0.15) is 5.26 Å². The first-order chi connectivity index (χ1) is 8.74. The number of methoxy groups -OCH3 is 1. The zero-order chi connectivity index (χ0) is 13.0. The molecule has 0 spiro atoms. The van der Waals surface area contributed by atoms with E-state index in [0.717, 1.165) is 0 Å². The molecule has 2 N–H and O–H groups in total. The highest BCUT2D eigenvalue weighted by molar-refractivity contribution is 5.53. The quantitative estimate of drug-likeness (QED) is 0.834. The molecule has 1 aromatic heterocycles. The monoisotopic (exact) mass is 241 g/mol. The lowest BCUT2D eigenvalue weighted by atomic mass is 10.2. The number of rotatable bonds is 3. The van der Waals surface area contributed by atoms with Crippen LogP contribution in [-0.2, 0) is 0 Å². The number of benzene rings is 1. The predicted octanol–water partition coefficient (Wildman–Crippen LogP) is 2.34. The first-order valence-electron chi connectivity index (χ1n) is 5.21. The van der Waals surface area contributed by atoms with Crippen LogP contribution in [0.4, 0.5) is 5.69 Å². The maximum atomic E-state index is 8.92. The number of nitrogens with two attached hydrogens (primary N) is 1. The van der Waals surface area contributed by atoms with Crippen LogP contribution in [0.15, 0.2) is 36.5 Å². The largest absolute Gasteiger partial charge is 0.493 e. The topological polar surface area (TPSA) is 81.2 Å². The first kappa shape index (κ1) is 11.7. The van der Waals surface area contributed by atoms with E-state index in [4.69, 9.17) is 20.5 Å². The molecule has 0 saturated carbocycles. The Bertz CT molecular complexity index is 605. The van der Waals surface area contributed by atoms with Crippen molar-refractivity contribution in [3.8, 4) is 23.3 Å².